The number of carbonyl (C=O) groups is 9. The van der Waals surface area contributed by atoms with Crippen LogP contribution in [-0.4, -0.2) is 114 Å². The second kappa shape index (κ2) is 58.2. The van der Waals surface area contributed by atoms with Crippen LogP contribution in [0.2, 0.25) is 0 Å². The molecule has 0 rings (SSSR count). The maximum absolute atomic E-state index is 14.5. The van der Waals surface area contributed by atoms with Gasteiger partial charge in [-0.3, -0.25) is 43.2 Å². The molecule has 0 heterocycles. The first-order chi connectivity index (χ1) is 45.8. The molecule has 0 fully saturated rings. The van der Waals surface area contributed by atoms with E-state index in [1.807, 2.05) is 55.4 Å². The fourth-order valence-electron chi connectivity index (χ4n) is 12.5. The molecular formula is C77H148N10O9. The number of amides is 8. The van der Waals surface area contributed by atoms with Gasteiger partial charge in [0, 0.05) is 5.92 Å². The largest absolute Gasteiger partial charge is 0.345 e. The highest BCUT2D eigenvalue weighted by Gasteiger charge is 2.35. The van der Waals surface area contributed by atoms with Crippen LogP contribution in [0.3, 0.4) is 0 Å². The third-order valence-electron chi connectivity index (χ3n) is 18.4. The van der Waals surface area contributed by atoms with Crippen LogP contribution in [0.5, 0.6) is 0 Å². The number of nitrogens with two attached hydrogens (primary N) is 2. The lowest BCUT2D eigenvalue weighted by atomic mass is 9.92. The molecule has 0 radical (unpaired) electrons. The van der Waals surface area contributed by atoms with Crippen LogP contribution in [-0.2, 0) is 43.2 Å². The Balaban J connectivity index is 6.29. The van der Waals surface area contributed by atoms with E-state index in [1.165, 1.54) is 162 Å². The molecule has 19 heteroatoms. The summed E-state index contributed by atoms with van der Waals surface area (Å²) in [5.74, 6) is -4.81. The number of carbonyl (C=O) groups excluding carboxylic acids is 9. The number of hydrogen-bond donors (Lipinski definition) is 10. The van der Waals surface area contributed by atoms with Crippen molar-refractivity contribution >= 4 is 53.0 Å². The van der Waals surface area contributed by atoms with Gasteiger partial charge in [0.05, 0.1) is 6.04 Å². The first kappa shape index (κ1) is 91.4. The molecule has 0 spiro atoms. The highest BCUT2D eigenvalue weighted by atomic mass is 16.2. The van der Waals surface area contributed by atoms with Gasteiger partial charge >= 0.3 is 0 Å². The van der Waals surface area contributed by atoms with Gasteiger partial charge in [0.2, 0.25) is 47.3 Å². The van der Waals surface area contributed by atoms with Gasteiger partial charge in [-0.1, -0.05) is 249 Å². The number of hydrogen-bond acceptors (Lipinski definition) is 11. The molecule has 19 nitrogen and oxygen atoms in total. The van der Waals surface area contributed by atoms with E-state index in [-0.39, 0.29) is 67.0 Å². The summed E-state index contributed by atoms with van der Waals surface area (Å²) in [7, 11) is 0. The highest BCUT2D eigenvalue weighted by Crippen LogP contribution is 2.23. The average molecular weight is 1360 g/mol. The number of rotatable bonds is 63. The molecule has 0 aliphatic rings. The molecule has 0 aromatic heterocycles. The van der Waals surface area contributed by atoms with Gasteiger partial charge in [0.25, 0.3) is 0 Å². The minimum Gasteiger partial charge on any atom is -0.345 e. The minimum atomic E-state index is -1.16. The average Bonchev–Trinajstić information content (AvgIpc) is 0.926. The van der Waals surface area contributed by atoms with E-state index in [1.54, 1.807) is 0 Å². The molecule has 0 bridgehead atoms. The zero-order chi connectivity index (χ0) is 72.1. The normalized spacial score (nSPS) is 14.2. The topological polar surface area (TPSA) is 302 Å². The Bertz CT molecular complexity index is 2060. The van der Waals surface area contributed by atoms with Crippen LogP contribution >= 0.6 is 0 Å². The molecule has 0 saturated carbocycles. The Morgan fingerprint density at radius 1 is 0.250 bits per heavy atom. The Labute approximate surface area is 585 Å². The molecule has 560 valence electrons. The van der Waals surface area contributed by atoms with Crippen molar-refractivity contribution in [1.29, 1.82) is 0 Å². The molecule has 96 heavy (non-hydrogen) atoms. The summed E-state index contributed by atoms with van der Waals surface area (Å²) < 4.78 is 0. The lowest BCUT2D eigenvalue weighted by Gasteiger charge is -2.28. The fourth-order valence-corrected chi connectivity index (χ4v) is 12.5. The Morgan fingerprint density at radius 2 is 0.469 bits per heavy atom. The molecule has 0 aromatic rings. The predicted octanol–water partition coefficient (Wildman–Crippen LogP) is 13.3. The summed E-state index contributed by atoms with van der Waals surface area (Å²) in [4.78, 5) is 125. The lowest BCUT2D eigenvalue weighted by Crippen LogP contribution is -2.60. The maximum Gasteiger partial charge on any atom is 0.243 e. The van der Waals surface area contributed by atoms with E-state index in [4.69, 9.17) is 11.5 Å². The van der Waals surface area contributed by atoms with Gasteiger partial charge in [-0.2, -0.15) is 0 Å². The van der Waals surface area contributed by atoms with Crippen molar-refractivity contribution in [1.82, 2.24) is 42.5 Å². The Kier molecular flexibility index (Phi) is 55.4. The summed E-state index contributed by atoms with van der Waals surface area (Å²) in [6.07, 6.45) is 40.6. The van der Waals surface area contributed by atoms with Gasteiger partial charge in [-0.15, -0.1) is 0 Å². The molecule has 12 N–H and O–H groups in total. The van der Waals surface area contributed by atoms with Crippen molar-refractivity contribution in [3.05, 3.63) is 0 Å². The van der Waals surface area contributed by atoms with Crippen molar-refractivity contribution in [3.8, 4) is 0 Å². The fraction of sp³-hybridized carbons (Fsp3) is 0.883. The first-order valence-electron chi connectivity index (χ1n) is 39.1. The molecule has 0 aliphatic heterocycles. The lowest BCUT2D eigenvalue weighted by molar-refractivity contribution is -0.136. The molecule has 8 unspecified atom stereocenters. The molecule has 0 aromatic carbocycles. The van der Waals surface area contributed by atoms with E-state index >= 15 is 0 Å². The van der Waals surface area contributed by atoms with E-state index < -0.39 is 89.7 Å². The predicted molar refractivity (Wildman–Crippen MR) is 394 cm³/mol. The van der Waals surface area contributed by atoms with Crippen LogP contribution in [0.4, 0.5) is 0 Å². The van der Waals surface area contributed by atoms with Gasteiger partial charge in [-0.05, 0) is 135 Å². The van der Waals surface area contributed by atoms with Crippen LogP contribution in [0, 0.1) is 29.6 Å². The minimum absolute atomic E-state index is 0.0459. The summed E-state index contributed by atoms with van der Waals surface area (Å²) in [6.45, 7) is 25.0. The highest BCUT2D eigenvalue weighted by molar-refractivity contribution is 5.98. The molecule has 8 atom stereocenters. The number of ketones is 1. The Morgan fingerprint density at radius 3 is 0.750 bits per heavy atom. The smallest absolute Gasteiger partial charge is 0.243 e. The molecular weight excluding hydrogens is 1210 g/mol. The van der Waals surface area contributed by atoms with Crippen molar-refractivity contribution in [2.75, 3.05) is 13.1 Å². The standard InChI is InChI=1S/C77H148N10O9/c1-14-16-18-20-22-24-26-28-30-32-34-36-38-40-46-63(47-41-39-37-35-33-31-29-27-25-23-21-19-17-15-2)72(91)82-64(48-42-44-50-78)73(92)86-67(53-57(5)6)76(95)81-61(12)71(90)85-69(55-59(9)10)77(96)83-65(49-43-45-51-79)74(93)87-68(54-58(7)8)75(94)80-60(11)70(89)84-66(62(13)88)52-56(3)4/h56-61,63-69H,14-55,78-79H2,1-13H3,(H,80,94)(H,81,95)(H,82,91)(H,83,96)(H,84,89)(H,85,90)(H,86,92)(H,87,93). The van der Waals surface area contributed by atoms with Crippen molar-refractivity contribution < 1.29 is 43.2 Å². The van der Waals surface area contributed by atoms with E-state index in [0.717, 1.165) is 51.4 Å². The molecule has 0 aliphatic carbocycles. The maximum atomic E-state index is 14.5. The monoisotopic (exact) mass is 1360 g/mol. The van der Waals surface area contributed by atoms with Crippen molar-refractivity contribution in [3.63, 3.8) is 0 Å². The van der Waals surface area contributed by atoms with Crippen LogP contribution in [0.25, 0.3) is 0 Å². The third-order valence-corrected chi connectivity index (χ3v) is 18.4. The van der Waals surface area contributed by atoms with E-state index in [9.17, 15) is 43.2 Å². The summed E-state index contributed by atoms with van der Waals surface area (Å²) in [5.41, 5.74) is 11.8. The third kappa shape index (κ3) is 47.4. The molecule has 8 amide bonds. The molecule has 0 saturated heterocycles. The first-order valence-corrected chi connectivity index (χ1v) is 39.1. The Hall–Kier alpha value is -4.65. The van der Waals surface area contributed by atoms with Crippen LogP contribution < -0.4 is 54.0 Å². The second-order valence-electron chi connectivity index (χ2n) is 30.0. The summed E-state index contributed by atoms with van der Waals surface area (Å²) in [5, 5.41) is 22.8. The number of nitrogens with one attached hydrogen (secondary N) is 8. The van der Waals surface area contributed by atoms with Gasteiger partial charge < -0.3 is 54.0 Å². The summed E-state index contributed by atoms with van der Waals surface area (Å²) in [6, 6.07) is -8.23. The van der Waals surface area contributed by atoms with E-state index in [0.29, 0.717) is 51.6 Å². The van der Waals surface area contributed by atoms with Crippen molar-refractivity contribution in [2.45, 2.75) is 395 Å². The van der Waals surface area contributed by atoms with Gasteiger partial charge in [-0.25, -0.2) is 0 Å². The van der Waals surface area contributed by atoms with Crippen molar-refractivity contribution in [2.24, 2.45) is 41.1 Å². The zero-order valence-electron chi connectivity index (χ0n) is 63.5. The number of unbranched alkanes of at least 4 members (excludes halogenated alkanes) is 28. The van der Waals surface area contributed by atoms with Gasteiger partial charge in [0.1, 0.15) is 42.3 Å². The van der Waals surface area contributed by atoms with Gasteiger partial charge in [0.15, 0.2) is 5.78 Å². The zero-order valence-corrected chi connectivity index (χ0v) is 63.5. The van der Waals surface area contributed by atoms with E-state index in [2.05, 4.69) is 56.4 Å². The second-order valence-corrected chi connectivity index (χ2v) is 30.0. The van der Waals surface area contributed by atoms with Crippen LogP contribution in [0.1, 0.15) is 347 Å². The van der Waals surface area contributed by atoms with Crippen LogP contribution in [0.15, 0.2) is 0 Å². The number of Topliss-reactive ketones (excluding diaryl/α,β-unsaturated/α-hetero) is 1. The SMILES string of the molecule is CCCCCCCCCCCCCCCCC(CCCCCCCCCCCCCCCC)C(=O)NC(CCCCN)C(=O)NC(CC(C)C)C(=O)NC(C)C(=O)NC(CC(C)C)C(=O)NC(CCCCN)C(=O)NC(CC(C)C)C(=O)NC(C)C(=O)NC(CC(C)C)C(C)=O. The summed E-state index contributed by atoms with van der Waals surface area (Å²) >= 11 is 0. The quantitative estimate of drug-likeness (QED) is 0.0255.